The predicted octanol–water partition coefficient (Wildman–Crippen LogP) is 1.34. The van der Waals surface area contributed by atoms with Crippen LogP contribution in [0.3, 0.4) is 0 Å². The van der Waals surface area contributed by atoms with Crippen LogP contribution in [0, 0.1) is 0 Å². The number of carbonyl (C=O) groups excluding carboxylic acids is 3. The summed E-state index contributed by atoms with van der Waals surface area (Å²) in [5.74, 6) is -2.15. The van der Waals surface area contributed by atoms with Crippen LogP contribution in [0.25, 0.3) is 0 Å². The summed E-state index contributed by atoms with van der Waals surface area (Å²) in [4.78, 5) is 36.6. The van der Waals surface area contributed by atoms with Crippen LogP contribution >= 0.6 is 0 Å². The molecule has 0 unspecified atom stereocenters. The topological polar surface area (TPSA) is 108 Å². The van der Waals surface area contributed by atoms with E-state index in [0.29, 0.717) is 0 Å². The maximum Gasteiger partial charge on any atom is 0.418 e. The van der Waals surface area contributed by atoms with Gasteiger partial charge in [-0.2, -0.15) is 13.2 Å². The molecule has 2 rings (SSSR count). The standard InChI is InChI=1S/C17H18F3N3O5/c1-9(25)21-13-4-3-10(7-12(13)17(18,19)20)22-14-11(16(27)28-2)8-23(5-6-24)15(14)26/h3-4,7,22,24H,5-6,8H2,1-2H3,(H,21,25). The van der Waals surface area contributed by atoms with Crippen molar-refractivity contribution in [3.05, 3.63) is 35.0 Å². The molecular weight excluding hydrogens is 383 g/mol. The number of amides is 2. The Morgan fingerprint density at radius 2 is 2.00 bits per heavy atom. The normalized spacial score (nSPS) is 14.4. The molecule has 0 radical (unpaired) electrons. The van der Waals surface area contributed by atoms with Crippen molar-refractivity contribution >= 4 is 29.2 Å². The number of nitrogens with zero attached hydrogens (tertiary/aromatic N) is 1. The van der Waals surface area contributed by atoms with Gasteiger partial charge in [0.2, 0.25) is 5.91 Å². The second-order valence-electron chi connectivity index (χ2n) is 5.86. The molecule has 2 amide bonds. The number of nitrogens with one attached hydrogen (secondary N) is 2. The number of halogens is 3. The Morgan fingerprint density at radius 1 is 1.32 bits per heavy atom. The Kier molecular flexibility index (Phi) is 6.29. The van der Waals surface area contributed by atoms with Crippen LogP contribution in [-0.4, -0.2) is 54.6 Å². The molecule has 0 bridgehead atoms. The Bertz CT molecular complexity index is 836. The SMILES string of the molecule is COC(=O)C1=C(Nc2ccc(NC(C)=O)c(C(F)(F)F)c2)C(=O)N(CCO)C1. The van der Waals surface area contributed by atoms with E-state index in [0.717, 1.165) is 31.1 Å². The molecule has 8 nitrogen and oxygen atoms in total. The smallest absolute Gasteiger partial charge is 0.418 e. The van der Waals surface area contributed by atoms with Gasteiger partial charge in [0.15, 0.2) is 0 Å². The van der Waals surface area contributed by atoms with E-state index in [-0.39, 0.29) is 36.7 Å². The highest BCUT2D eigenvalue weighted by molar-refractivity contribution is 6.08. The average molecular weight is 401 g/mol. The van der Waals surface area contributed by atoms with Crippen LogP contribution < -0.4 is 10.6 Å². The summed E-state index contributed by atoms with van der Waals surface area (Å²) in [6.45, 7) is 0.522. The van der Waals surface area contributed by atoms with E-state index in [4.69, 9.17) is 5.11 Å². The second kappa shape index (κ2) is 8.30. The molecule has 0 aromatic heterocycles. The number of benzene rings is 1. The van der Waals surface area contributed by atoms with Crippen LogP contribution in [-0.2, 0) is 25.3 Å². The molecule has 0 spiro atoms. The monoisotopic (exact) mass is 401 g/mol. The molecule has 0 fully saturated rings. The van der Waals surface area contributed by atoms with Gasteiger partial charge in [-0.3, -0.25) is 9.59 Å². The number of ether oxygens (including phenoxy) is 1. The fourth-order valence-corrected chi connectivity index (χ4v) is 2.65. The van der Waals surface area contributed by atoms with Crippen LogP contribution in [0.4, 0.5) is 24.5 Å². The van der Waals surface area contributed by atoms with Crippen molar-refractivity contribution in [1.82, 2.24) is 4.90 Å². The van der Waals surface area contributed by atoms with Crippen molar-refractivity contribution in [2.45, 2.75) is 13.1 Å². The van der Waals surface area contributed by atoms with Gasteiger partial charge in [-0.15, -0.1) is 0 Å². The average Bonchev–Trinajstić information content (AvgIpc) is 2.91. The highest BCUT2D eigenvalue weighted by Gasteiger charge is 2.36. The summed E-state index contributed by atoms with van der Waals surface area (Å²) in [6, 6.07) is 2.98. The first-order valence-corrected chi connectivity index (χ1v) is 8.06. The quantitative estimate of drug-likeness (QED) is 0.621. The molecule has 28 heavy (non-hydrogen) atoms. The number of carbonyl (C=O) groups is 3. The molecule has 1 aliphatic rings. The Labute approximate surface area is 157 Å². The first-order valence-electron chi connectivity index (χ1n) is 8.06. The van der Waals surface area contributed by atoms with Crippen LogP contribution in [0.2, 0.25) is 0 Å². The number of anilines is 2. The van der Waals surface area contributed by atoms with Gasteiger partial charge in [0, 0.05) is 19.2 Å². The molecule has 0 aliphatic carbocycles. The number of hydrogen-bond acceptors (Lipinski definition) is 6. The fourth-order valence-electron chi connectivity index (χ4n) is 2.65. The van der Waals surface area contributed by atoms with Gasteiger partial charge in [0.05, 0.1) is 37.1 Å². The lowest BCUT2D eigenvalue weighted by atomic mass is 10.1. The van der Waals surface area contributed by atoms with Gasteiger partial charge in [0.25, 0.3) is 5.91 Å². The van der Waals surface area contributed by atoms with Crippen molar-refractivity contribution in [2.24, 2.45) is 0 Å². The summed E-state index contributed by atoms with van der Waals surface area (Å²) in [7, 11) is 1.11. The number of aliphatic hydroxyl groups excluding tert-OH is 1. The van der Waals surface area contributed by atoms with E-state index in [1.165, 1.54) is 6.07 Å². The van der Waals surface area contributed by atoms with E-state index >= 15 is 0 Å². The van der Waals surface area contributed by atoms with Crippen molar-refractivity contribution in [1.29, 1.82) is 0 Å². The van der Waals surface area contributed by atoms with E-state index in [1.54, 1.807) is 0 Å². The molecular formula is C17H18F3N3O5. The summed E-state index contributed by atoms with van der Waals surface area (Å²) in [5.41, 5.74) is -1.98. The first-order chi connectivity index (χ1) is 13.1. The molecule has 1 aliphatic heterocycles. The van der Waals surface area contributed by atoms with Gasteiger partial charge in [-0.05, 0) is 18.2 Å². The van der Waals surface area contributed by atoms with Gasteiger partial charge in [0.1, 0.15) is 5.70 Å². The summed E-state index contributed by atoms with van der Waals surface area (Å²) in [5, 5.41) is 13.6. The Morgan fingerprint density at radius 3 is 2.54 bits per heavy atom. The third kappa shape index (κ3) is 4.60. The molecule has 11 heteroatoms. The molecule has 1 aromatic rings. The predicted molar refractivity (Wildman–Crippen MR) is 92.1 cm³/mol. The molecule has 3 N–H and O–H groups in total. The van der Waals surface area contributed by atoms with Gasteiger partial charge >= 0.3 is 12.1 Å². The fraction of sp³-hybridized carbons (Fsp3) is 0.353. The van der Waals surface area contributed by atoms with E-state index in [9.17, 15) is 27.6 Å². The zero-order chi connectivity index (χ0) is 21.1. The molecule has 0 saturated heterocycles. The van der Waals surface area contributed by atoms with E-state index < -0.39 is 35.2 Å². The molecule has 152 valence electrons. The van der Waals surface area contributed by atoms with Gasteiger partial charge in [-0.25, -0.2) is 4.79 Å². The summed E-state index contributed by atoms with van der Waals surface area (Å²) < 4.78 is 44.6. The molecule has 1 aromatic carbocycles. The zero-order valence-electron chi connectivity index (χ0n) is 15.0. The number of β-amino-alcohol motifs (C(OH)–C–C–N with tert-alkyl or cyclic N) is 1. The summed E-state index contributed by atoms with van der Waals surface area (Å²) >= 11 is 0. The minimum atomic E-state index is -4.77. The van der Waals surface area contributed by atoms with Crippen LogP contribution in [0.15, 0.2) is 29.5 Å². The molecule has 1 heterocycles. The molecule has 0 saturated carbocycles. The van der Waals surface area contributed by atoms with Crippen molar-refractivity contribution in [2.75, 3.05) is 37.4 Å². The maximum atomic E-state index is 13.3. The largest absolute Gasteiger partial charge is 0.466 e. The number of esters is 1. The number of alkyl halides is 3. The number of aliphatic hydroxyl groups is 1. The van der Waals surface area contributed by atoms with Crippen molar-refractivity contribution < 1.29 is 37.4 Å². The highest BCUT2D eigenvalue weighted by atomic mass is 19.4. The zero-order valence-corrected chi connectivity index (χ0v) is 15.0. The van der Waals surface area contributed by atoms with Crippen LogP contribution in [0.5, 0.6) is 0 Å². The lowest BCUT2D eigenvalue weighted by Crippen LogP contribution is -2.31. The number of methoxy groups -OCH3 is 1. The summed E-state index contributed by atoms with van der Waals surface area (Å²) in [6.07, 6.45) is -4.77. The third-order valence-corrected chi connectivity index (χ3v) is 3.86. The second-order valence-corrected chi connectivity index (χ2v) is 5.86. The van der Waals surface area contributed by atoms with Crippen LogP contribution in [0.1, 0.15) is 12.5 Å². The first kappa shape index (κ1) is 21.2. The maximum absolute atomic E-state index is 13.3. The van der Waals surface area contributed by atoms with Gasteiger partial charge in [-0.1, -0.05) is 0 Å². The van der Waals surface area contributed by atoms with Crippen molar-refractivity contribution in [3.63, 3.8) is 0 Å². The number of rotatable bonds is 6. The highest BCUT2D eigenvalue weighted by Crippen LogP contribution is 2.37. The minimum Gasteiger partial charge on any atom is -0.466 e. The number of hydrogen-bond donors (Lipinski definition) is 3. The third-order valence-electron chi connectivity index (χ3n) is 3.86. The Balaban J connectivity index is 2.43. The van der Waals surface area contributed by atoms with Crippen molar-refractivity contribution in [3.8, 4) is 0 Å². The lowest BCUT2D eigenvalue weighted by Gasteiger charge is -2.17. The lowest BCUT2D eigenvalue weighted by molar-refractivity contribution is -0.137. The van der Waals surface area contributed by atoms with E-state index in [1.807, 2.05) is 0 Å². The minimum absolute atomic E-state index is 0.0558. The molecule has 0 atom stereocenters. The Hall–Kier alpha value is -3.08. The van der Waals surface area contributed by atoms with E-state index in [2.05, 4.69) is 15.4 Å². The van der Waals surface area contributed by atoms with Gasteiger partial charge < -0.3 is 25.4 Å².